The maximum Gasteiger partial charge on any atom is 0.271 e. The van der Waals surface area contributed by atoms with Crippen molar-refractivity contribution in [3.05, 3.63) is 80.6 Å². The smallest absolute Gasteiger partial charge is 0.271 e. The van der Waals surface area contributed by atoms with Crippen molar-refractivity contribution in [2.75, 3.05) is 23.3 Å². The SMILES string of the molecule is Cc1ccc(NC(=O)C2CCN(c3ccc(=O)n(-c4ccc(C)c(Cl)c4)n3)CC2)c(C)c1. The van der Waals surface area contributed by atoms with Crippen LogP contribution in [0.3, 0.4) is 0 Å². The Bertz CT molecular complexity index is 1210. The number of rotatable bonds is 4. The third-order valence-electron chi connectivity index (χ3n) is 6.02. The third-order valence-corrected chi connectivity index (χ3v) is 6.42. The zero-order valence-electron chi connectivity index (χ0n) is 18.6. The number of benzene rings is 2. The largest absolute Gasteiger partial charge is 0.355 e. The summed E-state index contributed by atoms with van der Waals surface area (Å²) in [6, 6.07) is 14.8. The van der Waals surface area contributed by atoms with E-state index in [1.165, 1.54) is 16.3 Å². The zero-order valence-corrected chi connectivity index (χ0v) is 19.3. The van der Waals surface area contributed by atoms with Crippen molar-refractivity contribution in [1.82, 2.24) is 9.78 Å². The molecule has 32 heavy (non-hydrogen) atoms. The predicted molar refractivity (Wildman–Crippen MR) is 129 cm³/mol. The molecule has 0 bridgehead atoms. The molecule has 4 rings (SSSR count). The van der Waals surface area contributed by atoms with E-state index < -0.39 is 0 Å². The molecular weight excluding hydrogens is 424 g/mol. The van der Waals surface area contributed by atoms with E-state index in [0.29, 0.717) is 23.8 Å². The van der Waals surface area contributed by atoms with Crippen LogP contribution in [0.5, 0.6) is 0 Å². The van der Waals surface area contributed by atoms with E-state index in [1.807, 2.05) is 45.0 Å². The van der Waals surface area contributed by atoms with Gasteiger partial charge in [0.2, 0.25) is 5.91 Å². The summed E-state index contributed by atoms with van der Waals surface area (Å²) in [5.41, 5.74) is 4.48. The van der Waals surface area contributed by atoms with Crippen molar-refractivity contribution in [2.24, 2.45) is 5.92 Å². The monoisotopic (exact) mass is 450 g/mol. The molecule has 0 unspecified atom stereocenters. The van der Waals surface area contributed by atoms with Gasteiger partial charge in [0.15, 0.2) is 0 Å². The van der Waals surface area contributed by atoms with Gasteiger partial charge < -0.3 is 10.2 Å². The van der Waals surface area contributed by atoms with Gasteiger partial charge in [-0.25, -0.2) is 0 Å². The molecule has 1 aliphatic heterocycles. The molecular formula is C25H27ClN4O2. The summed E-state index contributed by atoms with van der Waals surface area (Å²) < 4.78 is 1.37. The molecule has 2 aromatic carbocycles. The summed E-state index contributed by atoms with van der Waals surface area (Å²) >= 11 is 6.23. The maximum atomic E-state index is 12.8. The van der Waals surface area contributed by atoms with Crippen LogP contribution in [0.2, 0.25) is 5.02 Å². The lowest BCUT2D eigenvalue weighted by molar-refractivity contribution is -0.120. The standard InChI is InChI=1S/C25H27ClN4O2/c1-16-4-7-22(18(3)14-16)27-25(32)19-10-12-29(13-11-19)23-8-9-24(31)30(28-23)20-6-5-17(2)21(26)15-20/h4-9,14-15,19H,10-13H2,1-3H3,(H,27,32). The lowest BCUT2D eigenvalue weighted by Crippen LogP contribution is -2.39. The van der Waals surface area contributed by atoms with E-state index in [-0.39, 0.29) is 17.4 Å². The van der Waals surface area contributed by atoms with Crippen molar-refractivity contribution < 1.29 is 4.79 Å². The lowest BCUT2D eigenvalue weighted by Gasteiger charge is -2.32. The fourth-order valence-electron chi connectivity index (χ4n) is 4.03. The topological polar surface area (TPSA) is 67.2 Å². The minimum absolute atomic E-state index is 0.0474. The number of amides is 1. The Morgan fingerprint density at radius 3 is 2.44 bits per heavy atom. The Balaban J connectivity index is 1.44. The summed E-state index contributed by atoms with van der Waals surface area (Å²) in [7, 11) is 0. The van der Waals surface area contributed by atoms with Crippen molar-refractivity contribution in [2.45, 2.75) is 33.6 Å². The molecule has 3 aromatic rings. The first-order valence-corrected chi connectivity index (χ1v) is 11.2. The summed E-state index contributed by atoms with van der Waals surface area (Å²) in [6.07, 6.45) is 1.46. The molecule has 7 heteroatoms. The Morgan fingerprint density at radius 2 is 1.75 bits per heavy atom. The van der Waals surface area contributed by atoms with Crippen LogP contribution < -0.4 is 15.8 Å². The van der Waals surface area contributed by atoms with Crippen molar-refractivity contribution in [1.29, 1.82) is 0 Å². The van der Waals surface area contributed by atoms with Gasteiger partial charge in [0.25, 0.3) is 5.56 Å². The highest BCUT2D eigenvalue weighted by molar-refractivity contribution is 6.31. The van der Waals surface area contributed by atoms with Gasteiger partial charge in [0.1, 0.15) is 5.82 Å². The number of nitrogens with zero attached hydrogens (tertiary/aromatic N) is 3. The highest BCUT2D eigenvalue weighted by Gasteiger charge is 2.26. The third kappa shape index (κ3) is 4.70. The van der Waals surface area contributed by atoms with Gasteiger partial charge in [-0.05, 0) is 69.0 Å². The number of nitrogens with one attached hydrogen (secondary N) is 1. The average Bonchev–Trinajstić information content (AvgIpc) is 2.78. The Kier molecular flexibility index (Phi) is 6.33. The van der Waals surface area contributed by atoms with Gasteiger partial charge in [0.05, 0.1) is 5.69 Å². The molecule has 1 N–H and O–H groups in total. The van der Waals surface area contributed by atoms with Crippen LogP contribution in [0.15, 0.2) is 53.3 Å². The number of hydrogen-bond acceptors (Lipinski definition) is 4. The average molecular weight is 451 g/mol. The first-order valence-electron chi connectivity index (χ1n) is 10.8. The number of carbonyl (C=O) groups excluding carboxylic acids is 1. The fourth-order valence-corrected chi connectivity index (χ4v) is 4.20. The van der Waals surface area contributed by atoms with Crippen LogP contribution in [-0.4, -0.2) is 28.8 Å². The first kappa shape index (κ1) is 22.1. The minimum Gasteiger partial charge on any atom is -0.355 e. The van der Waals surface area contributed by atoms with Crippen LogP contribution in [0.1, 0.15) is 29.5 Å². The number of aromatic nitrogens is 2. The molecule has 0 radical (unpaired) electrons. The van der Waals surface area contributed by atoms with Crippen molar-refractivity contribution >= 4 is 29.0 Å². The highest BCUT2D eigenvalue weighted by Crippen LogP contribution is 2.25. The molecule has 1 amide bonds. The normalized spacial score (nSPS) is 14.4. The van der Waals surface area contributed by atoms with Crippen LogP contribution in [0, 0.1) is 26.7 Å². The highest BCUT2D eigenvalue weighted by atomic mass is 35.5. The second-order valence-electron chi connectivity index (χ2n) is 8.44. The molecule has 0 aliphatic carbocycles. The summed E-state index contributed by atoms with van der Waals surface area (Å²) in [5, 5.41) is 8.24. The van der Waals surface area contributed by atoms with Crippen LogP contribution >= 0.6 is 11.6 Å². The van der Waals surface area contributed by atoms with E-state index in [1.54, 1.807) is 12.1 Å². The number of anilines is 2. The van der Waals surface area contributed by atoms with E-state index in [2.05, 4.69) is 21.4 Å². The van der Waals surface area contributed by atoms with E-state index >= 15 is 0 Å². The Labute approximate surface area is 192 Å². The van der Waals surface area contributed by atoms with E-state index in [4.69, 9.17) is 11.6 Å². The van der Waals surface area contributed by atoms with Crippen LogP contribution in [-0.2, 0) is 4.79 Å². The van der Waals surface area contributed by atoms with Gasteiger partial charge >= 0.3 is 0 Å². The van der Waals surface area contributed by atoms with Crippen molar-refractivity contribution in [3.63, 3.8) is 0 Å². The summed E-state index contributed by atoms with van der Waals surface area (Å²) in [5.74, 6) is 0.729. The summed E-state index contributed by atoms with van der Waals surface area (Å²) in [4.78, 5) is 27.3. The number of hydrogen-bond donors (Lipinski definition) is 1. The van der Waals surface area contributed by atoms with E-state index in [9.17, 15) is 9.59 Å². The number of aryl methyl sites for hydroxylation is 3. The fraction of sp³-hybridized carbons (Fsp3) is 0.320. The molecule has 6 nitrogen and oxygen atoms in total. The minimum atomic E-state index is -0.212. The van der Waals surface area contributed by atoms with Gasteiger partial charge in [-0.1, -0.05) is 35.4 Å². The second-order valence-corrected chi connectivity index (χ2v) is 8.85. The molecule has 0 saturated carbocycles. The Morgan fingerprint density at radius 1 is 1.00 bits per heavy atom. The number of halogens is 1. The number of piperidine rings is 1. The molecule has 166 valence electrons. The van der Waals surface area contributed by atoms with Crippen LogP contribution in [0.4, 0.5) is 11.5 Å². The second kappa shape index (κ2) is 9.17. The molecule has 0 atom stereocenters. The molecule has 2 heterocycles. The predicted octanol–water partition coefficient (Wildman–Crippen LogP) is 4.67. The van der Waals surface area contributed by atoms with Crippen LogP contribution in [0.25, 0.3) is 5.69 Å². The van der Waals surface area contributed by atoms with Gasteiger partial charge in [-0.15, -0.1) is 5.10 Å². The maximum absolute atomic E-state index is 12.8. The van der Waals surface area contributed by atoms with E-state index in [0.717, 1.165) is 35.5 Å². The lowest BCUT2D eigenvalue weighted by atomic mass is 9.95. The number of carbonyl (C=O) groups is 1. The van der Waals surface area contributed by atoms with Gasteiger partial charge in [-0.3, -0.25) is 9.59 Å². The Hall–Kier alpha value is -3.12. The summed E-state index contributed by atoms with van der Waals surface area (Å²) in [6.45, 7) is 7.36. The molecule has 1 fully saturated rings. The molecule has 1 aromatic heterocycles. The molecule has 1 saturated heterocycles. The quantitative estimate of drug-likeness (QED) is 0.627. The van der Waals surface area contributed by atoms with Gasteiger partial charge in [0, 0.05) is 35.8 Å². The molecule has 0 spiro atoms. The molecule has 1 aliphatic rings. The van der Waals surface area contributed by atoms with Gasteiger partial charge in [-0.2, -0.15) is 4.68 Å². The zero-order chi connectivity index (χ0) is 22.8. The first-order chi connectivity index (χ1) is 15.3. The van der Waals surface area contributed by atoms with Crippen molar-refractivity contribution in [3.8, 4) is 5.69 Å².